The summed E-state index contributed by atoms with van der Waals surface area (Å²) >= 11 is 0. The second kappa shape index (κ2) is 7.64. The number of hydrogen-bond donors (Lipinski definition) is 1. The number of aromatic nitrogens is 2. The fourth-order valence-corrected chi connectivity index (χ4v) is 5.02. The molecular formula is C19H24N4O3S. The number of ketones is 1. The molecule has 1 fully saturated rings. The zero-order valence-electron chi connectivity index (χ0n) is 15.8. The van der Waals surface area contributed by atoms with Crippen LogP contribution < -0.4 is 10.2 Å². The van der Waals surface area contributed by atoms with Crippen LogP contribution in [0, 0.1) is 6.92 Å². The Balaban J connectivity index is 1.87. The minimum atomic E-state index is -2.99. The van der Waals surface area contributed by atoms with E-state index in [1.807, 2.05) is 36.9 Å². The highest BCUT2D eigenvalue weighted by Crippen LogP contribution is 2.24. The normalized spacial score (nSPS) is 18.3. The number of sulfone groups is 1. The van der Waals surface area contributed by atoms with Crippen molar-refractivity contribution in [2.45, 2.75) is 33.2 Å². The summed E-state index contributed by atoms with van der Waals surface area (Å²) in [4.78, 5) is 22.6. The lowest BCUT2D eigenvalue weighted by atomic mass is 10.1. The third-order valence-electron chi connectivity index (χ3n) is 4.63. The van der Waals surface area contributed by atoms with Gasteiger partial charge in [0.2, 0.25) is 5.95 Å². The SMILES string of the molecule is CCN(c1nc(C)cc(Nc2cccc(C(C)=O)c2)n1)C1CCS(=O)(=O)C1. The highest BCUT2D eigenvalue weighted by molar-refractivity contribution is 7.91. The van der Waals surface area contributed by atoms with E-state index in [4.69, 9.17) is 0 Å². The molecule has 2 heterocycles. The van der Waals surface area contributed by atoms with Gasteiger partial charge in [0.15, 0.2) is 15.6 Å². The summed E-state index contributed by atoms with van der Waals surface area (Å²) in [6.07, 6.45) is 0.594. The molecule has 0 bridgehead atoms. The quantitative estimate of drug-likeness (QED) is 0.761. The van der Waals surface area contributed by atoms with E-state index in [9.17, 15) is 13.2 Å². The van der Waals surface area contributed by atoms with E-state index in [0.717, 1.165) is 11.4 Å². The Bertz CT molecular complexity index is 959. The fourth-order valence-electron chi connectivity index (χ4n) is 3.29. The van der Waals surface area contributed by atoms with Gasteiger partial charge in [0.1, 0.15) is 5.82 Å². The first-order chi connectivity index (χ1) is 12.8. The molecule has 1 atom stereocenters. The molecule has 3 rings (SSSR count). The van der Waals surface area contributed by atoms with Crippen molar-refractivity contribution in [1.29, 1.82) is 0 Å². The van der Waals surface area contributed by atoms with Crippen molar-refractivity contribution in [3.63, 3.8) is 0 Å². The average molecular weight is 388 g/mol. The van der Waals surface area contributed by atoms with Gasteiger partial charge in [-0.2, -0.15) is 4.98 Å². The van der Waals surface area contributed by atoms with Crippen LogP contribution in [-0.4, -0.2) is 48.3 Å². The molecule has 1 aromatic heterocycles. The van der Waals surface area contributed by atoms with Crippen molar-refractivity contribution >= 4 is 33.1 Å². The van der Waals surface area contributed by atoms with Crippen LogP contribution in [0.2, 0.25) is 0 Å². The number of carbonyl (C=O) groups excluding carboxylic acids is 1. The number of benzene rings is 1. The van der Waals surface area contributed by atoms with Crippen LogP contribution >= 0.6 is 0 Å². The first-order valence-corrected chi connectivity index (χ1v) is 10.8. The van der Waals surface area contributed by atoms with Gasteiger partial charge >= 0.3 is 0 Å². The molecule has 144 valence electrons. The van der Waals surface area contributed by atoms with Gasteiger partial charge in [0.05, 0.1) is 11.5 Å². The highest BCUT2D eigenvalue weighted by Gasteiger charge is 2.33. The van der Waals surface area contributed by atoms with E-state index in [1.54, 1.807) is 12.1 Å². The van der Waals surface area contributed by atoms with Gasteiger partial charge in [-0.05, 0) is 39.3 Å². The minimum absolute atomic E-state index is 0.00203. The summed E-state index contributed by atoms with van der Waals surface area (Å²) in [5.74, 6) is 1.48. The molecule has 1 aliphatic heterocycles. The molecule has 0 radical (unpaired) electrons. The number of hydrogen-bond acceptors (Lipinski definition) is 7. The molecule has 1 aliphatic rings. The molecule has 0 saturated carbocycles. The summed E-state index contributed by atoms with van der Waals surface area (Å²) in [6, 6.07) is 8.95. The van der Waals surface area contributed by atoms with Crippen molar-refractivity contribution in [3.8, 4) is 0 Å². The van der Waals surface area contributed by atoms with Crippen LogP contribution in [0.15, 0.2) is 30.3 Å². The Morgan fingerprint density at radius 2 is 2.07 bits per heavy atom. The predicted octanol–water partition coefficient (Wildman–Crippen LogP) is 2.74. The summed E-state index contributed by atoms with van der Waals surface area (Å²) in [5.41, 5.74) is 2.17. The maximum absolute atomic E-state index is 11.8. The van der Waals surface area contributed by atoms with Crippen LogP contribution in [0.1, 0.15) is 36.3 Å². The lowest BCUT2D eigenvalue weighted by Crippen LogP contribution is -2.37. The molecule has 8 heteroatoms. The first-order valence-electron chi connectivity index (χ1n) is 8.98. The number of rotatable bonds is 6. The van der Waals surface area contributed by atoms with Crippen LogP contribution in [-0.2, 0) is 9.84 Å². The summed E-state index contributed by atoms with van der Waals surface area (Å²) in [7, 11) is -2.99. The molecule has 0 aliphatic carbocycles. The van der Waals surface area contributed by atoms with E-state index < -0.39 is 9.84 Å². The van der Waals surface area contributed by atoms with Gasteiger partial charge in [-0.3, -0.25) is 4.79 Å². The van der Waals surface area contributed by atoms with Gasteiger partial charge < -0.3 is 10.2 Å². The van der Waals surface area contributed by atoms with Gasteiger partial charge in [-0.15, -0.1) is 0 Å². The van der Waals surface area contributed by atoms with Crippen LogP contribution in [0.25, 0.3) is 0 Å². The van der Waals surface area contributed by atoms with Crippen molar-refractivity contribution in [3.05, 3.63) is 41.6 Å². The lowest BCUT2D eigenvalue weighted by Gasteiger charge is -2.27. The zero-order chi connectivity index (χ0) is 19.6. The second-order valence-electron chi connectivity index (χ2n) is 6.80. The molecule has 1 unspecified atom stereocenters. The summed E-state index contributed by atoms with van der Waals surface area (Å²) < 4.78 is 23.7. The molecule has 7 nitrogen and oxygen atoms in total. The van der Waals surface area contributed by atoms with Crippen molar-refractivity contribution < 1.29 is 13.2 Å². The van der Waals surface area contributed by atoms with Gasteiger partial charge in [-0.25, -0.2) is 13.4 Å². The van der Waals surface area contributed by atoms with E-state index in [1.165, 1.54) is 6.92 Å². The Labute approximate surface area is 159 Å². The second-order valence-corrected chi connectivity index (χ2v) is 9.03. The average Bonchev–Trinajstić information content (AvgIpc) is 2.95. The Kier molecular flexibility index (Phi) is 5.46. The number of carbonyl (C=O) groups is 1. The van der Waals surface area contributed by atoms with Crippen LogP contribution in [0.4, 0.5) is 17.5 Å². The fraction of sp³-hybridized carbons (Fsp3) is 0.421. The van der Waals surface area contributed by atoms with Crippen molar-refractivity contribution in [2.75, 3.05) is 28.3 Å². The monoisotopic (exact) mass is 388 g/mol. The Hall–Kier alpha value is -2.48. The van der Waals surface area contributed by atoms with Gasteiger partial charge in [-0.1, -0.05) is 12.1 Å². The largest absolute Gasteiger partial charge is 0.340 e. The number of Topliss-reactive ketones (excluding diaryl/α,β-unsaturated/α-hetero) is 1. The minimum Gasteiger partial charge on any atom is -0.340 e. The van der Waals surface area contributed by atoms with E-state index in [0.29, 0.717) is 30.3 Å². The summed E-state index contributed by atoms with van der Waals surface area (Å²) in [5, 5.41) is 3.22. The first kappa shape index (κ1) is 19.3. The van der Waals surface area contributed by atoms with E-state index >= 15 is 0 Å². The molecule has 1 N–H and O–H groups in total. The van der Waals surface area contributed by atoms with Gasteiger partial charge in [0.25, 0.3) is 0 Å². The Morgan fingerprint density at radius 3 is 2.70 bits per heavy atom. The number of nitrogens with one attached hydrogen (secondary N) is 1. The third-order valence-corrected chi connectivity index (χ3v) is 6.38. The predicted molar refractivity (Wildman–Crippen MR) is 107 cm³/mol. The maximum Gasteiger partial charge on any atom is 0.227 e. The molecular weight excluding hydrogens is 364 g/mol. The topological polar surface area (TPSA) is 92.3 Å². The number of anilines is 3. The lowest BCUT2D eigenvalue weighted by molar-refractivity contribution is 0.101. The number of nitrogens with zero attached hydrogens (tertiary/aromatic N) is 3. The third kappa shape index (κ3) is 4.63. The van der Waals surface area contributed by atoms with E-state index in [2.05, 4.69) is 15.3 Å². The Morgan fingerprint density at radius 1 is 1.30 bits per heavy atom. The van der Waals surface area contributed by atoms with E-state index in [-0.39, 0.29) is 23.3 Å². The van der Waals surface area contributed by atoms with Gasteiger partial charge in [0, 0.05) is 35.6 Å². The van der Waals surface area contributed by atoms with Crippen LogP contribution in [0.3, 0.4) is 0 Å². The molecule has 27 heavy (non-hydrogen) atoms. The van der Waals surface area contributed by atoms with Crippen LogP contribution in [0.5, 0.6) is 0 Å². The number of aryl methyl sites for hydroxylation is 1. The molecule has 2 aromatic rings. The van der Waals surface area contributed by atoms with Crippen molar-refractivity contribution in [2.24, 2.45) is 0 Å². The molecule has 1 aromatic carbocycles. The highest BCUT2D eigenvalue weighted by atomic mass is 32.2. The zero-order valence-corrected chi connectivity index (χ0v) is 16.6. The smallest absolute Gasteiger partial charge is 0.227 e. The standard InChI is InChI=1S/C19H24N4O3S/c1-4-23(17-8-9-27(25,26)12-17)19-20-13(2)10-18(22-19)21-16-7-5-6-15(11-16)14(3)24/h5-7,10-11,17H,4,8-9,12H2,1-3H3,(H,20,21,22). The summed E-state index contributed by atoms with van der Waals surface area (Å²) in [6.45, 7) is 6.01. The van der Waals surface area contributed by atoms with Crippen molar-refractivity contribution in [1.82, 2.24) is 9.97 Å². The molecule has 1 saturated heterocycles. The molecule has 0 spiro atoms. The maximum atomic E-state index is 11.8. The molecule has 0 amide bonds.